The van der Waals surface area contributed by atoms with Crippen LogP contribution in [0.5, 0.6) is 0 Å². The van der Waals surface area contributed by atoms with Gasteiger partial charge in [0.25, 0.3) is 5.91 Å². The van der Waals surface area contributed by atoms with Crippen molar-refractivity contribution in [3.63, 3.8) is 0 Å². The van der Waals surface area contributed by atoms with Crippen LogP contribution in [0.3, 0.4) is 0 Å². The van der Waals surface area contributed by atoms with Crippen LogP contribution in [0.1, 0.15) is 46.2 Å². The zero-order valence-corrected chi connectivity index (χ0v) is 20.7. The minimum absolute atomic E-state index is 0.126. The maximum atomic E-state index is 13.7. The summed E-state index contributed by atoms with van der Waals surface area (Å²) >= 11 is 0. The van der Waals surface area contributed by atoms with Crippen molar-refractivity contribution in [2.45, 2.75) is 38.6 Å². The fourth-order valence-corrected chi connectivity index (χ4v) is 4.91. The van der Waals surface area contributed by atoms with E-state index in [0.717, 1.165) is 40.9 Å². The Labute approximate surface area is 210 Å². The van der Waals surface area contributed by atoms with Crippen LogP contribution in [0.4, 0.5) is 5.69 Å². The topological polar surface area (TPSA) is 105 Å². The maximum Gasteiger partial charge on any atom is 0.270 e. The van der Waals surface area contributed by atoms with Crippen LogP contribution in [0.2, 0.25) is 0 Å². The number of aromatic nitrogens is 4. The molecule has 1 saturated carbocycles. The summed E-state index contributed by atoms with van der Waals surface area (Å²) < 4.78 is 1.51. The Hall–Kier alpha value is -4.20. The molecule has 8 heteroatoms. The van der Waals surface area contributed by atoms with Crippen molar-refractivity contribution in [3.8, 4) is 11.1 Å². The molecule has 36 heavy (non-hydrogen) atoms. The number of amides is 2. The number of aryl methyl sites for hydroxylation is 3. The summed E-state index contributed by atoms with van der Waals surface area (Å²) in [6.07, 6.45) is 3.64. The molecule has 1 aliphatic carbocycles. The van der Waals surface area contributed by atoms with Crippen molar-refractivity contribution in [3.05, 3.63) is 89.5 Å². The van der Waals surface area contributed by atoms with Crippen molar-refractivity contribution in [1.29, 1.82) is 0 Å². The molecule has 1 aliphatic rings. The van der Waals surface area contributed by atoms with E-state index in [1.807, 2.05) is 68.4 Å². The number of H-pyrrole nitrogens is 1. The van der Waals surface area contributed by atoms with Crippen LogP contribution in [-0.4, -0.2) is 37.8 Å². The third kappa shape index (κ3) is 4.79. The fraction of sp³-hybridized carbons (Fsp3) is 0.286. The maximum absolute atomic E-state index is 13.7. The number of carbonyl (C=O) groups excluding carboxylic acids is 2. The monoisotopic (exact) mass is 482 g/mol. The molecule has 4 aromatic rings. The first-order valence-electron chi connectivity index (χ1n) is 12.2. The van der Waals surface area contributed by atoms with Crippen LogP contribution < -0.4 is 10.6 Å². The lowest BCUT2D eigenvalue weighted by Gasteiger charge is -2.28. The van der Waals surface area contributed by atoms with E-state index in [-0.39, 0.29) is 17.7 Å². The van der Waals surface area contributed by atoms with Crippen molar-refractivity contribution in [2.75, 3.05) is 5.32 Å². The van der Waals surface area contributed by atoms with Gasteiger partial charge in [-0.1, -0.05) is 42.5 Å². The number of hydrogen-bond donors (Lipinski definition) is 3. The molecule has 184 valence electrons. The van der Waals surface area contributed by atoms with E-state index >= 15 is 0 Å². The van der Waals surface area contributed by atoms with Gasteiger partial charge in [-0.3, -0.25) is 19.4 Å². The summed E-state index contributed by atoms with van der Waals surface area (Å²) in [4.78, 5) is 26.9. The Morgan fingerprint density at radius 2 is 1.75 bits per heavy atom. The second-order valence-electron chi connectivity index (χ2n) is 9.44. The second kappa shape index (κ2) is 9.81. The summed E-state index contributed by atoms with van der Waals surface area (Å²) in [5, 5.41) is 17.4. The Kier molecular flexibility index (Phi) is 6.41. The van der Waals surface area contributed by atoms with Crippen LogP contribution in [-0.2, 0) is 11.8 Å². The van der Waals surface area contributed by atoms with Gasteiger partial charge in [0.05, 0.1) is 5.69 Å². The quantitative estimate of drug-likeness (QED) is 0.347. The molecule has 0 saturated heterocycles. The lowest BCUT2D eigenvalue weighted by molar-refractivity contribution is -0.118. The number of benzene rings is 2. The molecule has 8 nitrogen and oxygen atoms in total. The number of rotatable bonds is 8. The molecule has 2 unspecified atom stereocenters. The molecular formula is C28H30N6O2. The predicted octanol–water partition coefficient (Wildman–Crippen LogP) is 4.36. The normalized spacial score (nSPS) is 14.8. The van der Waals surface area contributed by atoms with E-state index in [1.54, 1.807) is 19.3 Å². The molecule has 3 N–H and O–H groups in total. The summed E-state index contributed by atoms with van der Waals surface area (Å²) in [7, 11) is 1.71. The number of nitrogens with zero attached hydrogens (tertiary/aromatic N) is 3. The SMILES string of the molecule is Cc1n[nH]c(C)c1-c1ccc(NC(=O)C(NC(=O)c2ccnn2C)C(c2ccccc2)C2CC2)cc1. The third-order valence-corrected chi connectivity index (χ3v) is 6.87. The molecule has 0 radical (unpaired) electrons. The summed E-state index contributed by atoms with van der Waals surface area (Å²) in [6, 6.07) is 18.6. The summed E-state index contributed by atoms with van der Waals surface area (Å²) in [5.74, 6) is -0.351. The summed E-state index contributed by atoms with van der Waals surface area (Å²) in [6.45, 7) is 3.95. The predicted molar refractivity (Wildman–Crippen MR) is 138 cm³/mol. The molecule has 2 heterocycles. The minimum Gasteiger partial charge on any atom is -0.338 e. The van der Waals surface area contributed by atoms with Gasteiger partial charge in [-0.15, -0.1) is 0 Å². The molecule has 2 aromatic heterocycles. The first-order valence-corrected chi connectivity index (χ1v) is 12.2. The third-order valence-electron chi connectivity index (χ3n) is 6.87. The van der Waals surface area contributed by atoms with Gasteiger partial charge in [-0.05, 0) is 61.9 Å². The second-order valence-corrected chi connectivity index (χ2v) is 9.44. The van der Waals surface area contributed by atoms with Crippen molar-refractivity contribution < 1.29 is 9.59 Å². The van der Waals surface area contributed by atoms with E-state index in [2.05, 4.69) is 25.9 Å². The van der Waals surface area contributed by atoms with Gasteiger partial charge < -0.3 is 10.6 Å². The van der Waals surface area contributed by atoms with Gasteiger partial charge >= 0.3 is 0 Å². The number of nitrogens with one attached hydrogen (secondary N) is 3. The van der Waals surface area contributed by atoms with Gasteiger partial charge in [-0.2, -0.15) is 10.2 Å². The number of anilines is 1. The fourth-order valence-electron chi connectivity index (χ4n) is 4.91. The van der Waals surface area contributed by atoms with E-state index < -0.39 is 6.04 Å². The van der Waals surface area contributed by atoms with Crippen molar-refractivity contribution in [2.24, 2.45) is 13.0 Å². The summed E-state index contributed by atoms with van der Waals surface area (Å²) in [5.41, 5.74) is 6.14. The van der Waals surface area contributed by atoms with Gasteiger partial charge in [-0.25, -0.2) is 0 Å². The van der Waals surface area contributed by atoms with Gasteiger partial charge in [0, 0.05) is 36.1 Å². The van der Waals surface area contributed by atoms with Crippen LogP contribution in [0.25, 0.3) is 11.1 Å². The van der Waals surface area contributed by atoms with Gasteiger partial charge in [0.15, 0.2) is 0 Å². The first kappa shape index (κ1) is 23.5. The van der Waals surface area contributed by atoms with Crippen LogP contribution in [0.15, 0.2) is 66.9 Å². The number of carbonyl (C=O) groups is 2. The molecular weight excluding hydrogens is 452 g/mol. The van der Waals surface area contributed by atoms with Crippen molar-refractivity contribution in [1.82, 2.24) is 25.3 Å². The van der Waals surface area contributed by atoms with Crippen molar-refractivity contribution >= 4 is 17.5 Å². The highest BCUT2D eigenvalue weighted by Gasteiger charge is 2.42. The Morgan fingerprint density at radius 3 is 2.33 bits per heavy atom. The lowest BCUT2D eigenvalue weighted by Crippen LogP contribution is -2.48. The Bertz CT molecular complexity index is 1350. The van der Waals surface area contributed by atoms with Crippen LogP contribution in [0, 0.1) is 19.8 Å². The molecule has 0 aliphatic heterocycles. The van der Waals surface area contributed by atoms with Crippen LogP contribution >= 0.6 is 0 Å². The first-order chi connectivity index (χ1) is 17.4. The molecule has 1 fully saturated rings. The Balaban J connectivity index is 1.42. The highest BCUT2D eigenvalue weighted by molar-refractivity contribution is 6.01. The molecule has 2 atom stereocenters. The van der Waals surface area contributed by atoms with Gasteiger partial charge in [0.1, 0.15) is 11.7 Å². The average molecular weight is 483 g/mol. The number of aromatic amines is 1. The standard InChI is InChI=1S/C28H30N6O2/c1-17-24(18(2)33-32-17)20-11-13-22(14-12-20)30-28(36)26(31-27(35)23-15-16-29-34(23)3)25(21-9-10-21)19-7-5-4-6-8-19/h4-8,11-16,21,25-26H,9-10H2,1-3H3,(H,30,36)(H,31,35)(H,32,33). The zero-order chi connectivity index (χ0) is 25.2. The minimum atomic E-state index is -0.736. The van der Waals surface area contributed by atoms with E-state index in [9.17, 15) is 9.59 Å². The smallest absolute Gasteiger partial charge is 0.270 e. The number of hydrogen-bond acceptors (Lipinski definition) is 4. The lowest BCUT2D eigenvalue weighted by atomic mass is 9.86. The zero-order valence-electron chi connectivity index (χ0n) is 20.7. The molecule has 0 spiro atoms. The van der Waals surface area contributed by atoms with E-state index in [1.165, 1.54) is 4.68 Å². The Morgan fingerprint density at radius 1 is 1.03 bits per heavy atom. The van der Waals surface area contributed by atoms with Gasteiger partial charge in [0.2, 0.25) is 5.91 Å². The molecule has 2 aromatic carbocycles. The highest BCUT2D eigenvalue weighted by atomic mass is 16.2. The average Bonchev–Trinajstić information content (AvgIpc) is 3.53. The molecule has 5 rings (SSSR count). The molecule has 2 amide bonds. The van der Waals surface area contributed by atoms with E-state index in [4.69, 9.17) is 0 Å². The largest absolute Gasteiger partial charge is 0.338 e. The molecule has 0 bridgehead atoms. The van der Waals surface area contributed by atoms with E-state index in [0.29, 0.717) is 17.3 Å². The highest BCUT2D eigenvalue weighted by Crippen LogP contribution is 2.45.